The summed E-state index contributed by atoms with van der Waals surface area (Å²) >= 11 is 0. The lowest BCUT2D eigenvalue weighted by atomic mass is 10.1. The standard InChI is InChI=1S/C61H98O5/c1-4-7-10-13-16-19-22-25-28-30-31-33-34-36-39-42-45-48-51-54-60(62)65-58-59(57-64-56-53-50-47-44-41-38-27-24-21-18-15-12-9-6-3)66-61(63)55-52-49-46-43-40-37-35-32-29-26-23-20-17-14-11-8-5-2/h8-9,11-12,16-21,25-29,35,37-38,43-44,46-47,59H,4-7,10,13-15,22-24,30-34,36,39-42,45,48-58H2,1-3H3/b11-8-,12-9-,19-16-,20-17-,21-18-,28-25-,29-26-,37-35-,38-27-,46-43-,47-44-. The van der Waals surface area contributed by atoms with Crippen molar-refractivity contribution in [1.29, 1.82) is 0 Å². The smallest absolute Gasteiger partial charge is 0.306 e. The summed E-state index contributed by atoms with van der Waals surface area (Å²) < 4.78 is 17.3. The fourth-order valence-corrected chi connectivity index (χ4v) is 6.76. The lowest BCUT2D eigenvalue weighted by Crippen LogP contribution is -2.30. The first-order chi connectivity index (χ1) is 32.6. The van der Waals surface area contributed by atoms with Crippen molar-refractivity contribution in [1.82, 2.24) is 0 Å². The predicted octanol–water partition coefficient (Wildman–Crippen LogP) is 18.3. The van der Waals surface area contributed by atoms with Crippen LogP contribution < -0.4 is 0 Å². The third-order valence-electron chi connectivity index (χ3n) is 10.7. The Morgan fingerprint density at radius 2 is 0.697 bits per heavy atom. The molecule has 0 saturated heterocycles. The lowest BCUT2D eigenvalue weighted by molar-refractivity contribution is -0.162. The van der Waals surface area contributed by atoms with Crippen LogP contribution in [-0.2, 0) is 23.8 Å². The average molecular weight is 911 g/mol. The van der Waals surface area contributed by atoms with Gasteiger partial charge >= 0.3 is 11.9 Å². The summed E-state index contributed by atoms with van der Waals surface area (Å²) in [4.78, 5) is 25.4. The van der Waals surface area contributed by atoms with Crippen molar-refractivity contribution < 1.29 is 23.8 Å². The zero-order chi connectivity index (χ0) is 47.7. The van der Waals surface area contributed by atoms with Gasteiger partial charge in [-0.1, -0.05) is 212 Å². The van der Waals surface area contributed by atoms with Gasteiger partial charge in [0.1, 0.15) is 6.61 Å². The summed E-state index contributed by atoms with van der Waals surface area (Å²) in [6.45, 7) is 7.36. The van der Waals surface area contributed by atoms with Gasteiger partial charge in [0, 0.05) is 19.4 Å². The number of carbonyl (C=O) groups is 2. The third-order valence-corrected chi connectivity index (χ3v) is 10.7. The van der Waals surface area contributed by atoms with E-state index in [1.54, 1.807) is 0 Å². The molecule has 0 spiro atoms. The number of unbranched alkanes of at least 4 members (excludes halogenated alkanes) is 14. The molecule has 5 heteroatoms. The van der Waals surface area contributed by atoms with Crippen LogP contribution in [0.25, 0.3) is 0 Å². The Morgan fingerprint density at radius 1 is 0.348 bits per heavy atom. The van der Waals surface area contributed by atoms with E-state index in [4.69, 9.17) is 14.2 Å². The molecule has 5 nitrogen and oxygen atoms in total. The van der Waals surface area contributed by atoms with Gasteiger partial charge in [-0.2, -0.15) is 0 Å². The van der Waals surface area contributed by atoms with E-state index in [2.05, 4.69) is 154 Å². The van der Waals surface area contributed by atoms with Crippen molar-refractivity contribution in [3.8, 4) is 0 Å². The van der Waals surface area contributed by atoms with Crippen LogP contribution in [0.4, 0.5) is 0 Å². The molecule has 1 atom stereocenters. The quantitative estimate of drug-likeness (QED) is 0.0346. The summed E-state index contributed by atoms with van der Waals surface area (Å²) in [6.07, 6.45) is 79.1. The average Bonchev–Trinajstić information content (AvgIpc) is 3.32. The maximum atomic E-state index is 12.8. The molecule has 0 heterocycles. The van der Waals surface area contributed by atoms with E-state index >= 15 is 0 Å². The number of ether oxygens (including phenoxy) is 3. The van der Waals surface area contributed by atoms with Gasteiger partial charge in [-0.05, 0) is 122 Å². The third kappa shape index (κ3) is 52.7. The molecule has 0 aromatic rings. The van der Waals surface area contributed by atoms with Crippen molar-refractivity contribution >= 4 is 11.9 Å². The van der Waals surface area contributed by atoms with Gasteiger partial charge in [-0.25, -0.2) is 0 Å². The van der Waals surface area contributed by atoms with E-state index in [0.717, 1.165) is 103 Å². The van der Waals surface area contributed by atoms with Crippen LogP contribution >= 0.6 is 0 Å². The molecule has 0 fully saturated rings. The summed E-state index contributed by atoms with van der Waals surface area (Å²) in [7, 11) is 0. The number of carbonyl (C=O) groups excluding carboxylic acids is 2. The largest absolute Gasteiger partial charge is 0.462 e. The number of hydrogen-bond acceptors (Lipinski definition) is 5. The number of rotatable bonds is 47. The second-order valence-corrected chi connectivity index (χ2v) is 17.0. The fraction of sp³-hybridized carbons (Fsp3) is 0.607. The van der Waals surface area contributed by atoms with E-state index in [9.17, 15) is 9.59 Å². The Morgan fingerprint density at radius 3 is 1.14 bits per heavy atom. The summed E-state index contributed by atoms with van der Waals surface area (Å²) in [6, 6.07) is 0. The lowest BCUT2D eigenvalue weighted by Gasteiger charge is -2.18. The molecule has 0 saturated carbocycles. The highest BCUT2D eigenvalue weighted by Gasteiger charge is 2.17. The molecule has 0 bridgehead atoms. The van der Waals surface area contributed by atoms with E-state index < -0.39 is 6.10 Å². The van der Waals surface area contributed by atoms with Crippen molar-refractivity contribution in [3.05, 3.63) is 134 Å². The molecule has 66 heavy (non-hydrogen) atoms. The molecule has 372 valence electrons. The molecule has 0 aliphatic rings. The topological polar surface area (TPSA) is 61.8 Å². The van der Waals surface area contributed by atoms with Crippen molar-refractivity contribution in [2.45, 2.75) is 219 Å². The molecule has 0 aliphatic carbocycles. The molecular formula is C61H98O5. The van der Waals surface area contributed by atoms with Gasteiger partial charge in [0.25, 0.3) is 0 Å². The second kappa shape index (κ2) is 55.4. The van der Waals surface area contributed by atoms with Crippen LogP contribution in [0.2, 0.25) is 0 Å². The van der Waals surface area contributed by atoms with Gasteiger partial charge in [0.2, 0.25) is 0 Å². The molecule has 0 amide bonds. The Balaban J connectivity index is 4.45. The molecule has 1 unspecified atom stereocenters. The minimum atomic E-state index is -0.606. The van der Waals surface area contributed by atoms with Crippen LogP contribution in [0.15, 0.2) is 134 Å². The second-order valence-electron chi connectivity index (χ2n) is 17.0. The first-order valence-corrected chi connectivity index (χ1v) is 26.7. The van der Waals surface area contributed by atoms with E-state index in [0.29, 0.717) is 25.9 Å². The minimum Gasteiger partial charge on any atom is -0.462 e. The summed E-state index contributed by atoms with van der Waals surface area (Å²) in [5, 5.41) is 0. The molecule has 0 rings (SSSR count). The number of esters is 2. The molecule has 0 aromatic carbocycles. The van der Waals surface area contributed by atoms with Crippen molar-refractivity contribution in [2.75, 3.05) is 19.8 Å². The van der Waals surface area contributed by atoms with Crippen LogP contribution in [0.1, 0.15) is 213 Å². The van der Waals surface area contributed by atoms with Crippen LogP contribution in [0, 0.1) is 0 Å². The SMILES string of the molecule is CC/C=C\C/C=C\C/C=C\C/C=C\C/C=C\CCCC(=O)OC(COCCC/C=C\C/C=C\C/C=C\C/C=C\CC)COC(=O)CCCCCCCCCCC/C=C\C/C=C\CCCCC. The van der Waals surface area contributed by atoms with Crippen LogP contribution in [0.5, 0.6) is 0 Å². The van der Waals surface area contributed by atoms with E-state index in [1.807, 2.05) is 0 Å². The van der Waals surface area contributed by atoms with Gasteiger partial charge in [-0.15, -0.1) is 0 Å². The van der Waals surface area contributed by atoms with Crippen LogP contribution in [-0.4, -0.2) is 37.9 Å². The maximum absolute atomic E-state index is 12.8. The molecular weight excluding hydrogens is 813 g/mol. The molecule has 0 N–H and O–H groups in total. The van der Waals surface area contributed by atoms with Gasteiger partial charge < -0.3 is 14.2 Å². The van der Waals surface area contributed by atoms with Crippen LogP contribution in [0.3, 0.4) is 0 Å². The number of hydrogen-bond donors (Lipinski definition) is 0. The first-order valence-electron chi connectivity index (χ1n) is 26.7. The molecule has 0 aromatic heterocycles. The zero-order valence-electron chi connectivity index (χ0n) is 42.7. The Kier molecular flexibility index (Phi) is 52.0. The van der Waals surface area contributed by atoms with Gasteiger partial charge in [0.15, 0.2) is 6.10 Å². The highest BCUT2D eigenvalue weighted by molar-refractivity contribution is 5.70. The molecule has 0 aliphatic heterocycles. The zero-order valence-corrected chi connectivity index (χ0v) is 42.7. The van der Waals surface area contributed by atoms with E-state index in [1.165, 1.54) is 70.6 Å². The predicted molar refractivity (Wildman–Crippen MR) is 288 cm³/mol. The monoisotopic (exact) mass is 911 g/mol. The van der Waals surface area contributed by atoms with Gasteiger partial charge in [0.05, 0.1) is 6.61 Å². The highest BCUT2D eigenvalue weighted by atomic mass is 16.6. The molecule has 0 radical (unpaired) electrons. The van der Waals surface area contributed by atoms with E-state index in [-0.39, 0.29) is 25.2 Å². The summed E-state index contributed by atoms with van der Waals surface area (Å²) in [5.74, 6) is -0.508. The Bertz CT molecular complexity index is 1400. The van der Waals surface area contributed by atoms with Crippen molar-refractivity contribution in [3.63, 3.8) is 0 Å². The summed E-state index contributed by atoms with van der Waals surface area (Å²) in [5.41, 5.74) is 0. The van der Waals surface area contributed by atoms with Crippen molar-refractivity contribution in [2.24, 2.45) is 0 Å². The minimum absolute atomic E-state index is 0.0299. The highest BCUT2D eigenvalue weighted by Crippen LogP contribution is 2.13. The maximum Gasteiger partial charge on any atom is 0.306 e. The Labute approximate surface area is 407 Å². The Hall–Kier alpha value is -3.96. The number of allylic oxidation sites excluding steroid dienone is 22. The van der Waals surface area contributed by atoms with Gasteiger partial charge in [-0.3, -0.25) is 9.59 Å². The normalized spacial score (nSPS) is 13.3. The fourth-order valence-electron chi connectivity index (χ4n) is 6.76. The first kappa shape index (κ1) is 62.0.